The second kappa shape index (κ2) is 7.95. The van der Waals surface area contributed by atoms with Crippen LogP contribution in [0.15, 0.2) is 47.3 Å². The Kier molecular flexibility index (Phi) is 5.20. The number of fused-ring (bicyclic) bond motifs is 1. The first kappa shape index (κ1) is 19.0. The number of carbonyl (C=O) groups excluding carboxylic acids is 1. The van der Waals surface area contributed by atoms with Gasteiger partial charge in [-0.3, -0.25) is 9.59 Å². The number of nitrogens with one attached hydrogen (secondary N) is 1. The van der Waals surface area contributed by atoms with E-state index in [-0.39, 0.29) is 17.4 Å². The Morgan fingerprint density at radius 2 is 1.83 bits per heavy atom. The van der Waals surface area contributed by atoms with Crippen molar-refractivity contribution < 1.29 is 14.3 Å². The van der Waals surface area contributed by atoms with Gasteiger partial charge >= 0.3 is 0 Å². The molecule has 7 nitrogen and oxygen atoms in total. The van der Waals surface area contributed by atoms with Crippen LogP contribution in [0.5, 0.6) is 11.5 Å². The summed E-state index contributed by atoms with van der Waals surface area (Å²) in [4.78, 5) is 25.2. The van der Waals surface area contributed by atoms with E-state index in [4.69, 9.17) is 9.47 Å². The van der Waals surface area contributed by atoms with Gasteiger partial charge in [-0.15, -0.1) is 0 Å². The van der Waals surface area contributed by atoms with Gasteiger partial charge in [0.25, 0.3) is 11.5 Å². The van der Waals surface area contributed by atoms with Crippen LogP contribution in [0.4, 0.5) is 5.69 Å². The van der Waals surface area contributed by atoms with Gasteiger partial charge in [-0.25, -0.2) is 4.68 Å². The van der Waals surface area contributed by atoms with Crippen LogP contribution in [0.2, 0.25) is 0 Å². The molecule has 1 amide bonds. The second-order valence-electron chi connectivity index (χ2n) is 7.17. The van der Waals surface area contributed by atoms with Crippen molar-refractivity contribution in [2.75, 3.05) is 12.4 Å². The predicted octanol–water partition coefficient (Wildman–Crippen LogP) is 3.52. The van der Waals surface area contributed by atoms with Gasteiger partial charge in [0, 0.05) is 24.2 Å². The van der Waals surface area contributed by atoms with E-state index in [2.05, 4.69) is 10.4 Å². The van der Waals surface area contributed by atoms with E-state index in [1.165, 1.54) is 11.7 Å². The van der Waals surface area contributed by atoms with Gasteiger partial charge in [0.2, 0.25) is 0 Å². The van der Waals surface area contributed by atoms with E-state index >= 15 is 0 Å². The molecule has 1 heterocycles. The molecular weight excluding hydrogens is 370 g/mol. The molecule has 1 aliphatic rings. The molecule has 2 aromatic carbocycles. The number of carbonyl (C=O) groups is 1. The average molecular weight is 393 g/mol. The van der Waals surface area contributed by atoms with Crippen LogP contribution in [-0.2, 0) is 7.05 Å². The van der Waals surface area contributed by atoms with Crippen LogP contribution in [0.3, 0.4) is 0 Å². The molecule has 3 aromatic rings. The molecular formula is C22H23N3O4. The lowest BCUT2D eigenvalue weighted by molar-refractivity contribution is 0.102. The minimum atomic E-state index is -0.395. The highest BCUT2D eigenvalue weighted by Crippen LogP contribution is 2.34. The van der Waals surface area contributed by atoms with Crippen LogP contribution in [0.1, 0.15) is 36.2 Å². The SMILES string of the molecule is COc1ccc(NC(=O)c2nn(C)c(=O)c3ccccc23)cc1OC1CCCC1. The smallest absolute Gasteiger partial charge is 0.276 e. The number of amides is 1. The molecule has 0 saturated heterocycles. The normalized spacial score (nSPS) is 14.1. The molecule has 1 aliphatic carbocycles. The Morgan fingerprint density at radius 3 is 2.55 bits per heavy atom. The summed E-state index contributed by atoms with van der Waals surface area (Å²) in [6.07, 6.45) is 4.54. The monoisotopic (exact) mass is 393 g/mol. The fourth-order valence-electron chi connectivity index (χ4n) is 3.69. The highest BCUT2D eigenvalue weighted by molar-refractivity contribution is 6.11. The predicted molar refractivity (Wildman–Crippen MR) is 111 cm³/mol. The van der Waals surface area contributed by atoms with Gasteiger partial charge in [0.15, 0.2) is 17.2 Å². The van der Waals surface area contributed by atoms with E-state index in [1.54, 1.807) is 49.6 Å². The Hall–Kier alpha value is -3.35. The number of rotatable bonds is 5. The molecule has 0 radical (unpaired) electrons. The van der Waals surface area contributed by atoms with E-state index in [0.717, 1.165) is 25.7 Å². The molecule has 1 fully saturated rings. The summed E-state index contributed by atoms with van der Waals surface area (Å²) >= 11 is 0. The molecule has 7 heteroatoms. The molecule has 29 heavy (non-hydrogen) atoms. The van der Waals surface area contributed by atoms with Crippen LogP contribution in [0.25, 0.3) is 10.8 Å². The largest absolute Gasteiger partial charge is 0.493 e. The molecule has 0 atom stereocenters. The van der Waals surface area contributed by atoms with Gasteiger partial charge in [-0.05, 0) is 43.9 Å². The molecule has 0 spiro atoms. The third kappa shape index (κ3) is 3.81. The van der Waals surface area contributed by atoms with Crippen LogP contribution in [-0.4, -0.2) is 28.9 Å². The third-order valence-electron chi connectivity index (χ3n) is 5.19. The summed E-state index contributed by atoms with van der Waals surface area (Å²) in [6.45, 7) is 0. The minimum Gasteiger partial charge on any atom is -0.493 e. The highest BCUT2D eigenvalue weighted by Gasteiger charge is 2.20. The maximum absolute atomic E-state index is 12.9. The number of methoxy groups -OCH3 is 1. The standard InChI is InChI=1S/C22H23N3O4/c1-25-22(27)17-10-6-5-9-16(17)20(24-25)21(26)23-14-11-12-18(28-2)19(13-14)29-15-7-3-4-8-15/h5-6,9-13,15H,3-4,7-8H2,1-2H3,(H,23,26). The van der Waals surface area contributed by atoms with Gasteiger partial charge in [0.05, 0.1) is 18.6 Å². The van der Waals surface area contributed by atoms with Crippen molar-refractivity contribution in [1.82, 2.24) is 9.78 Å². The van der Waals surface area contributed by atoms with Crippen LogP contribution >= 0.6 is 0 Å². The number of hydrogen-bond acceptors (Lipinski definition) is 5. The number of aryl methyl sites for hydroxylation is 1. The van der Waals surface area contributed by atoms with E-state index in [0.29, 0.717) is 28.0 Å². The number of ether oxygens (including phenoxy) is 2. The zero-order chi connectivity index (χ0) is 20.4. The van der Waals surface area contributed by atoms with Crippen LogP contribution < -0.4 is 20.3 Å². The summed E-state index contributed by atoms with van der Waals surface area (Å²) < 4.78 is 12.7. The Morgan fingerprint density at radius 1 is 1.10 bits per heavy atom. The third-order valence-corrected chi connectivity index (χ3v) is 5.19. The molecule has 150 valence electrons. The van der Waals surface area contributed by atoms with Crippen molar-refractivity contribution in [2.24, 2.45) is 7.05 Å². The molecule has 0 aliphatic heterocycles. The summed E-state index contributed by atoms with van der Waals surface area (Å²) in [5.74, 6) is 0.838. The molecule has 0 bridgehead atoms. The van der Waals surface area contributed by atoms with Crippen molar-refractivity contribution in [3.8, 4) is 11.5 Å². The maximum atomic E-state index is 12.9. The molecule has 4 rings (SSSR count). The first-order chi connectivity index (χ1) is 14.1. The molecule has 0 unspecified atom stereocenters. The summed E-state index contributed by atoms with van der Waals surface area (Å²) in [5.41, 5.74) is 0.522. The fraction of sp³-hybridized carbons (Fsp3) is 0.318. The number of anilines is 1. The lowest BCUT2D eigenvalue weighted by Gasteiger charge is -2.17. The van der Waals surface area contributed by atoms with Crippen molar-refractivity contribution >= 4 is 22.4 Å². The molecule has 1 aromatic heterocycles. The second-order valence-corrected chi connectivity index (χ2v) is 7.17. The lowest BCUT2D eigenvalue weighted by atomic mass is 10.1. The van der Waals surface area contributed by atoms with Crippen molar-refractivity contribution in [2.45, 2.75) is 31.8 Å². The lowest BCUT2D eigenvalue weighted by Crippen LogP contribution is -2.25. The van der Waals surface area contributed by atoms with Crippen LogP contribution in [0, 0.1) is 0 Å². The van der Waals surface area contributed by atoms with E-state index in [1.807, 2.05) is 0 Å². The van der Waals surface area contributed by atoms with E-state index in [9.17, 15) is 9.59 Å². The van der Waals surface area contributed by atoms with Gasteiger partial charge in [0.1, 0.15) is 0 Å². The van der Waals surface area contributed by atoms with Crippen molar-refractivity contribution in [3.63, 3.8) is 0 Å². The summed E-state index contributed by atoms with van der Waals surface area (Å²) in [7, 11) is 3.13. The zero-order valence-electron chi connectivity index (χ0n) is 16.5. The zero-order valence-corrected chi connectivity index (χ0v) is 16.5. The Balaban J connectivity index is 1.64. The number of hydrogen-bond donors (Lipinski definition) is 1. The summed E-state index contributed by atoms with van der Waals surface area (Å²) in [6, 6.07) is 12.2. The summed E-state index contributed by atoms with van der Waals surface area (Å²) in [5, 5.41) is 8.01. The highest BCUT2D eigenvalue weighted by atomic mass is 16.5. The average Bonchev–Trinajstić information content (AvgIpc) is 3.24. The Labute approximate surface area is 168 Å². The molecule has 1 saturated carbocycles. The van der Waals surface area contributed by atoms with Crippen molar-refractivity contribution in [3.05, 3.63) is 58.5 Å². The minimum absolute atomic E-state index is 0.170. The Bertz CT molecular complexity index is 1120. The topological polar surface area (TPSA) is 82.5 Å². The van der Waals surface area contributed by atoms with Gasteiger partial charge in [-0.2, -0.15) is 5.10 Å². The quantitative estimate of drug-likeness (QED) is 0.717. The molecule has 1 N–H and O–H groups in total. The maximum Gasteiger partial charge on any atom is 0.276 e. The fourth-order valence-corrected chi connectivity index (χ4v) is 3.69. The number of aromatic nitrogens is 2. The van der Waals surface area contributed by atoms with Gasteiger partial charge < -0.3 is 14.8 Å². The first-order valence-electron chi connectivity index (χ1n) is 9.69. The number of nitrogens with zero attached hydrogens (tertiary/aromatic N) is 2. The van der Waals surface area contributed by atoms with Crippen molar-refractivity contribution in [1.29, 1.82) is 0 Å². The van der Waals surface area contributed by atoms with E-state index < -0.39 is 5.91 Å². The number of benzene rings is 2. The van der Waals surface area contributed by atoms with Gasteiger partial charge in [-0.1, -0.05) is 18.2 Å². The first-order valence-corrected chi connectivity index (χ1v) is 9.69.